The van der Waals surface area contributed by atoms with Crippen molar-refractivity contribution >= 4 is 17.5 Å². The molecule has 2 aromatic heterocycles. The molecule has 0 atom stereocenters. The van der Waals surface area contributed by atoms with Crippen molar-refractivity contribution in [3.05, 3.63) is 77.3 Å². The Morgan fingerprint density at radius 3 is 2.57 bits per heavy atom. The topological polar surface area (TPSA) is 85.8 Å². The summed E-state index contributed by atoms with van der Waals surface area (Å²) in [5, 5.41) is 15.7. The molecule has 0 aliphatic carbocycles. The Kier molecular flexibility index (Phi) is 4.90. The Morgan fingerprint density at radius 1 is 1.07 bits per heavy atom. The van der Waals surface area contributed by atoms with Crippen molar-refractivity contribution in [3.8, 4) is 22.7 Å². The quantitative estimate of drug-likeness (QED) is 0.558. The normalized spacial score (nSPS) is 10.8. The summed E-state index contributed by atoms with van der Waals surface area (Å²) in [6.07, 6.45) is 0. The number of carbonyl (C=O) groups is 1. The zero-order valence-electron chi connectivity index (χ0n) is 15.0. The maximum absolute atomic E-state index is 12.4. The summed E-state index contributed by atoms with van der Waals surface area (Å²) in [7, 11) is 1.78. The van der Waals surface area contributed by atoms with Crippen LogP contribution in [-0.4, -0.2) is 25.9 Å². The molecule has 0 saturated heterocycles. The number of carbonyl (C=O) groups excluding carboxylic acids is 1. The van der Waals surface area contributed by atoms with Crippen LogP contribution in [0.3, 0.4) is 0 Å². The van der Waals surface area contributed by atoms with Crippen molar-refractivity contribution in [2.45, 2.75) is 6.54 Å². The zero-order valence-corrected chi connectivity index (χ0v) is 15.7. The minimum Gasteiger partial charge on any atom is -0.419 e. The van der Waals surface area contributed by atoms with Gasteiger partial charge >= 0.3 is 0 Å². The lowest BCUT2D eigenvalue weighted by Crippen LogP contribution is -2.23. The number of hydrogen-bond donors (Lipinski definition) is 1. The van der Waals surface area contributed by atoms with E-state index >= 15 is 0 Å². The highest BCUT2D eigenvalue weighted by Gasteiger charge is 2.15. The molecule has 1 amide bonds. The molecule has 0 radical (unpaired) electrons. The van der Waals surface area contributed by atoms with Gasteiger partial charge in [-0.1, -0.05) is 41.9 Å². The molecule has 0 saturated carbocycles. The molecule has 8 heteroatoms. The van der Waals surface area contributed by atoms with E-state index in [1.807, 2.05) is 42.5 Å². The zero-order chi connectivity index (χ0) is 19.5. The number of rotatable bonds is 5. The molecular weight excluding hydrogens is 378 g/mol. The van der Waals surface area contributed by atoms with Gasteiger partial charge in [0.2, 0.25) is 11.8 Å². The van der Waals surface area contributed by atoms with Crippen LogP contribution < -0.4 is 5.32 Å². The molecule has 0 aliphatic rings. The lowest BCUT2D eigenvalue weighted by Gasteiger charge is -2.00. The Balaban J connectivity index is 1.44. The highest BCUT2D eigenvalue weighted by molar-refractivity contribution is 6.30. The second-order valence-electron chi connectivity index (χ2n) is 6.09. The molecule has 1 N–H and O–H groups in total. The first-order valence-corrected chi connectivity index (χ1v) is 8.94. The Bertz CT molecular complexity index is 1100. The Morgan fingerprint density at radius 2 is 1.82 bits per heavy atom. The molecule has 0 fully saturated rings. The molecule has 4 rings (SSSR count). The average molecular weight is 394 g/mol. The van der Waals surface area contributed by atoms with Gasteiger partial charge in [0.1, 0.15) is 0 Å². The van der Waals surface area contributed by atoms with Gasteiger partial charge in [0.05, 0.1) is 12.2 Å². The number of nitrogens with zero attached hydrogens (tertiary/aromatic N) is 4. The van der Waals surface area contributed by atoms with Crippen LogP contribution in [0.4, 0.5) is 0 Å². The fourth-order valence-corrected chi connectivity index (χ4v) is 2.86. The van der Waals surface area contributed by atoms with Gasteiger partial charge in [0, 0.05) is 17.6 Å². The van der Waals surface area contributed by atoms with E-state index < -0.39 is 0 Å². The summed E-state index contributed by atoms with van der Waals surface area (Å²) >= 11 is 5.93. The van der Waals surface area contributed by atoms with E-state index in [9.17, 15) is 4.79 Å². The predicted molar refractivity (Wildman–Crippen MR) is 105 cm³/mol. The largest absolute Gasteiger partial charge is 0.419 e. The third-order valence-corrected chi connectivity index (χ3v) is 4.39. The molecule has 4 aromatic rings. The van der Waals surface area contributed by atoms with Gasteiger partial charge in [-0.15, -0.1) is 10.2 Å². The lowest BCUT2D eigenvalue weighted by atomic mass is 10.1. The summed E-state index contributed by atoms with van der Waals surface area (Å²) in [6, 6.07) is 18.5. The van der Waals surface area contributed by atoms with Crippen LogP contribution in [0.5, 0.6) is 0 Å². The molecule has 7 nitrogen and oxygen atoms in total. The molecular formula is C20H16ClN5O2. The third-order valence-electron chi connectivity index (χ3n) is 4.14. The summed E-state index contributed by atoms with van der Waals surface area (Å²) < 4.78 is 7.24. The maximum Gasteiger partial charge on any atom is 0.272 e. The fourth-order valence-electron chi connectivity index (χ4n) is 2.74. The van der Waals surface area contributed by atoms with Crippen molar-refractivity contribution in [1.82, 2.24) is 25.3 Å². The number of halogens is 1. The van der Waals surface area contributed by atoms with Gasteiger partial charge in [0.15, 0.2) is 5.69 Å². The van der Waals surface area contributed by atoms with Crippen LogP contribution in [0, 0.1) is 0 Å². The maximum atomic E-state index is 12.4. The van der Waals surface area contributed by atoms with Crippen LogP contribution in [0.2, 0.25) is 5.02 Å². The molecule has 0 spiro atoms. The van der Waals surface area contributed by atoms with Crippen LogP contribution in [-0.2, 0) is 13.6 Å². The average Bonchev–Trinajstić information content (AvgIpc) is 3.34. The van der Waals surface area contributed by atoms with Gasteiger partial charge in [-0.2, -0.15) is 5.10 Å². The number of benzene rings is 2. The van der Waals surface area contributed by atoms with Crippen molar-refractivity contribution in [3.63, 3.8) is 0 Å². The van der Waals surface area contributed by atoms with E-state index in [4.69, 9.17) is 16.0 Å². The highest BCUT2D eigenvalue weighted by Crippen LogP contribution is 2.22. The molecule has 0 bridgehead atoms. The molecule has 0 unspecified atom stereocenters. The second kappa shape index (κ2) is 7.66. The first-order valence-electron chi connectivity index (χ1n) is 8.56. The monoisotopic (exact) mass is 393 g/mol. The van der Waals surface area contributed by atoms with Crippen LogP contribution in [0.1, 0.15) is 16.4 Å². The van der Waals surface area contributed by atoms with E-state index in [0.29, 0.717) is 22.5 Å². The Labute approximate surface area is 166 Å². The van der Waals surface area contributed by atoms with Crippen LogP contribution in [0.15, 0.2) is 65.1 Å². The Hall–Kier alpha value is -3.45. The molecule has 2 aromatic carbocycles. The summed E-state index contributed by atoms with van der Waals surface area (Å²) in [5.41, 5.74) is 2.86. The van der Waals surface area contributed by atoms with Gasteiger partial charge in [-0.25, -0.2) is 0 Å². The van der Waals surface area contributed by atoms with Gasteiger partial charge in [-0.05, 0) is 35.9 Å². The van der Waals surface area contributed by atoms with E-state index in [-0.39, 0.29) is 12.5 Å². The minimum absolute atomic E-state index is 0.117. The smallest absolute Gasteiger partial charge is 0.272 e. The number of aromatic nitrogens is 4. The highest BCUT2D eigenvalue weighted by atomic mass is 35.5. The van der Waals surface area contributed by atoms with Gasteiger partial charge in [0.25, 0.3) is 5.91 Å². The molecule has 2 heterocycles. The fraction of sp³-hybridized carbons (Fsp3) is 0.100. The van der Waals surface area contributed by atoms with Crippen molar-refractivity contribution < 1.29 is 9.21 Å². The molecule has 28 heavy (non-hydrogen) atoms. The van der Waals surface area contributed by atoms with Crippen LogP contribution >= 0.6 is 11.6 Å². The van der Waals surface area contributed by atoms with Crippen LogP contribution in [0.25, 0.3) is 22.7 Å². The minimum atomic E-state index is -0.324. The number of aryl methyl sites for hydroxylation is 1. The lowest BCUT2D eigenvalue weighted by molar-refractivity contribution is 0.0941. The number of hydrogen-bond acceptors (Lipinski definition) is 5. The van der Waals surface area contributed by atoms with E-state index in [2.05, 4.69) is 20.6 Å². The molecule has 0 aliphatic heterocycles. The second-order valence-corrected chi connectivity index (χ2v) is 6.53. The van der Waals surface area contributed by atoms with Crippen molar-refractivity contribution in [2.75, 3.05) is 0 Å². The van der Waals surface area contributed by atoms with E-state index in [1.165, 1.54) is 0 Å². The van der Waals surface area contributed by atoms with Crippen molar-refractivity contribution in [2.24, 2.45) is 7.05 Å². The van der Waals surface area contributed by atoms with E-state index in [1.54, 1.807) is 29.9 Å². The SMILES string of the molecule is Cn1nc(C(=O)NCc2nnc(-c3ccccc3)o2)cc1-c1ccc(Cl)cc1. The number of nitrogens with one attached hydrogen (secondary N) is 1. The molecule has 140 valence electrons. The predicted octanol–water partition coefficient (Wildman–Crippen LogP) is 3.72. The summed E-state index contributed by atoms with van der Waals surface area (Å²) in [6.45, 7) is 0.117. The summed E-state index contributed by atoms with van der Waals surface area (Å²) in [5.74, 6) is 0.407. The number of amides is 1. The van der Waals surface area contributed by atoms with Gasteiger partial charge in [-0.3, -0.25) is 9.48 Å². The standard InChI is InChI=1S/C20H16ClN5O2/c1-26-17(13-7-9-15(21)10-8-13)11-16(25-26)19(27)22-12-18-23-24-20(28-18)14-5-3-2-4-6-14/h2-11H,12H2,1H3,(H,22,27). The third kappa shape index (κ3) is 3.79. The first kappa shape index (κ1) is 17.9. The van der Waals surface area contributed by atoms with E-state index in [0.717, 1.165) is 16.8 Å². The summed E-state index contributed by atoms with van der Waals surface area (Å²) in [4.78, 5) is 12.4. The first-order chi connectivity index (χ1) is 13.6. The van der Waals surface area contributed by atoms with Gasteiger partial charge < -0.3 is 9.73 Å². The van der Waals surface area contributed by atoms with Crippen molar-refractivity contribution in [1.29, 1.82) is 0 Å².